The van der Waals surface area contributed by atoms with Gasteiger partial charge in [-0.1, -0.05) is 0 Å². The maximum absolute atomic E-state index is 11.5. The predicted molar refractivity (Wildman–Crippen MR) is 33.0 cm³/mol. The van der Waals surface area contributed by atoms with E-state index in [1.165, 1.54) is 0 Å². The van der Waals surface area contributed by atoms with Gasteiger partial charge in [-0.05, 0) is 12.8 Å². The Kier molecular flexibility index (Phi) is 2.56. The van der Waals surface area contributed by atoms with Gasteiger partial charge in [0.25, 0.3) is 6.43 Å². The summed E-state index contributed by atoms with van der Waals surface area (Å²) in [5.41, 5.74) is 5.44. The summed E-state index contributed by atoms with van der Waals surface area (Å²) in [6.07, 6.45) is -0.760. The van der Waals surface area contributed by atoms with Crippen LogP contribution in [-0.2, 0) is 4.74 Å². The Morgan fingerprint density at radius 3 is 2.50 bits per heavy atom. The van der Waals surface area contributed by atoms with E-state index in [1.54, 1.807) is 0 Å². The minimum Gasteiger partial charge on any atom is -0.371 e. The van der Waals surface area contributed by atoms with Gasteiger partial charge in [0.1, 0.15) is 6.61 Å². The molecule has 0 heterocycles. The van der Waals surface area contributed by atoms with E-state index in [0.717, 1.165) is 12.8 Å². The summed E-state index contributed by atoms with van der Waals surface area (Å²) in [4.78, 5) is 0. The molecule has 2 unspecified atom stereocenters. The van der Waals surface area contributed by atoms with Crippen molar-refractivity contribution in [3.8, 4) is 0 Å². The van der Waals surface area contributed by atoms with Crippen LogP contribution in [0.1, 0.15) is 12.8 Å². The van der Waals surface area contributed by atoms with Gasteiger partial charge in [0, 0.05) is 6.04 Å². The summed E-state index contributed by atoms with van der Waals surface area (Å²) in [6, 6.07) is -0.0150. The highest BCUT2D eigenvalue weighted by Gasteiger charge is 2.28. The Morgan fingerprint density at radius 2 is 2.20 bits per heavy atom. The second kappa shape index (κ2) is 3.25. The fourth-order valence-electron chi connectivity index (χ4n) is 0.898. The van der Waals surface area contributed by atoms with Crippen LogP contribution >= 0.6 is 0 Å². The highest BCUT2D eigenvalue weighted by atomic mass is 19.3. The third-order valence-corrected chi connectivity index (χ3v) is 1.70. The molecule has 0 aromatic heterocycles. The number of halogens is 2. The molecule has 1 aliphatic rings. The zero-order valence-electron chi connectivity index (χ0n) is 5.59. The van der Waals surface area contributed by atoms with Crippen LogP contribution in [0.25, 0.3) is 0 Å². The van der Waals surface area contributed by atoms with Gasteiger partial charge in [0.05, 0.1) is 6.10 Å². The normalized spacial score (nSPS) is 32.4. The van der Waals surface area contributed by atoms with Gasteiger partial charge in [-0.2, -0.15) is 0 Å². The van der Waals surface area contributed by atoms with Crippen LogP contribution in [0.4, 0.5) is 8.78 Å². The van der Waals surface area contributed by atoms with Crippen LogP contribution in [0.5, 0.6) is 0 Å². The van der Waals surface area contributed by atoms with E-state index in [4.69, 9.17) is 10.5 Å². The third-order valence-electron chi connectivity index (χ3n) is 1.70. The van der Waals surface area contributed by atoms with Gasteiger partial charge in [-0.25, -0.2) is 8.78 Å². The van der Waals surface area contributed by atoms with Gasteiger partial charge in [-0.3, -0.25) is 0 Å². The van der Waals surface area contributed by atoms with Crippen molar-refractivity contribution in [1.82, 2.24) is 0 Å². The van der Waals surface area contributed by atoms with E-state index in [9.17, 15) is 8.78 Å². The molecule has 0 radical (unpaired) electrons. The zero-order chi connectivity index (χ0) is 7.56. The fraction of sp³-hybridized carbons (Fsp3) is 1.00. The summed E-state index contributed by atoms with van der Waals surface area (Å²) in [6.45, 7) is -0.474. The molecule has 0 saturated heterocycles. The highest BCUT2D eigenvalue weighted by Crippen LogP contribution is 2.21. The first-order chi connectivity index (χ1) is 4.70. The molecule has 2 atom stereocenters. The first-order valence-electron chi connectivity index (χ1n) is 3.35. The van der Waals surface area contributed by atoms with Crippen molar-refractivity contribution in [2.75, 3.05) is 6.61 Å². The number of rotatable bonds is 3. The molecule has 10 heavy (non-hydrogen) atoms. The Hall–Kier alpha value is -0.220. The summed E-state index contributed by atoms with van der Waals surface area (Å²) < 4.78 is 27.8. The Labute approximate surface area is 58.3 Å². The van der Waals surface area contributed by atoms with Crippen LogP contribution < -0.4 is 5.73 Å². The molecule has 0 aromatic carbocycles. The van der Waals surface area contributed by atoms with Gasteiger partial charge in [-0.15, -0.1) is 0 Å². The molecule has 0 amide bonds. The third kappa shape index (κ3) is 1.88. The maximum atomic E-state index is 11.5. The number of alkyl halides is 2. The van der Waals surface area contributed by atoms with E-state index >= 15 is 0 Å². The molecule has 0 aromatic rings. The molecule has 1 saturated carbocycles. The molecule has 1 fully saturated rings. The smallest absolute Gasteiger partial charge is 0.261 e. The summed E-state index contributed by atoms with van der Waals surface area (Å²) in [7, 11) is 0. The van der Waals surface area contributed by atoms with Crippen LogP contribution in [-0.4, -0.2) is 25.2 Å². The number of hydrogen-bond donors (Lipinski definition) is 1. The van der Waals surface area contributed by atoms with E-state index in [2.05, 4.69) is 0 Å². The highest BCUT2D eigenvalue weighted by molar-refractivity contribution is 4.84. The number of hydrogen-bond acceptors (Lipinski definition) is 2. The van der Waals surface area contributed by atoms with Gasteiger partial charge >= 0.3 is 0 Å². The molecule has 60 valence electrons. The molecule has 2 N–H and O–H groups in total. The lowest BCUT2D eigenvalue weighted by Gasteiger charge is -2.33. The topological polar surface area (TPSA) is 35.2 Å². The minimum absolute atomic E-state index is 0.0150. The Bertz CT molecular complexity index is 110. The van der Waals surface area contributed by atoms with Crippen molar-refractivity contribution in [3.05, 3.63) is 0 Å². The summed E-state index contributed by atoms with van der Waals surface area (Å²) in [5, 5.41) is 0. The zero-order valence-corrected chi connectivity index (χ0v) is 5.59. The standard InChI is InChI=1S/C6H11F2NO/c7-6(8)3-10-5-2-1-4(5)9/h4-6H,1-3,9H2. The van der Waals surface area contributed by atoms with Crippen molar-refractivity contribution in [1.29, 1.82) is 0 Å². The molecular formula is C6H11F2NO. The average Bonchev–Trinajstić information content (AvgIpc) is 1.84. The van der Waals surface area contributed by atoms with Crippen molar-refractivity contribution in [2.45, 2.75) is 31.4 Å². The second-order valence-corrected chi connectivity index (χ2v) is 2.50. The van der Waals surface area contributed by atoms with Gasteiger partial charge in [0.2, 0.25) is 0 Å². The molecule has 4 heteroatoms. The molecule has 1 aliphatic carbocycles. The maximum Gasteiger partial charge on any atom is 0.261 e. The second-order valence-electron chi connectivity index (χ2n) is 2.50. The minimum atomic E-state index is -2.37. The average molecular weight is 151 g/mol. The largest absolute Gasteiger partial charge is 0.371 e. The van der Waals surface area contributed by atoms with E-state index in [0.29, 0.717) is 0 Å². The molecule has 0 bridgehead atoms. The SMILES string of the molecule is NC1CCC1OCC(F)F. The quantitative estimate of drug-likeness (QED) is 0.646. The van der Waals surface area contributed by atoms with E-state index in [1.807, 2.05) is 0 Å². The summed E-state index contributed by atoms with van der Waals surface area (Å²) >= 11 is 0. The van der Waals surface area contributed by atoms with Gasteiger partial charge < -0.3 is 10.5 Å². The molecule has 2 nitrogen and oxygen atoms in total. The fourth-order valence-corrected chi connectivity index (χ4v) is 0.898. The lowest BCUT2D eigenvalue weighted by atomic mass is 9.90. The molecule has 1 rings (SSSR count). The monoisotopic (exact) mass is 151 g/mol. The lowest BCUT2D eigenvalue weighted by Crippen LogP contribution is -2.46. The lowest BCUT2D eigenvalue weighted by molar-refractivity contribution is -0.0631. The number of ether oxygens (including phenoxy) is 1. The molecule has 0 spiro atoms. The van der Waals surface area contributed by atoms with Crippen molar-refractivity contribution in [2.24, 2.45) is 5.73 Å². The molecular weight excluding hydrogens is 140 g/mol. The van der Waals surface area contributed by atoms with Crippen LogP contribution in [0.3, 0.4) is 0 Å². The summed E-state index contributed by atoms with van der Waals surface area (Å²) in [5.74, 6) is 0. The van der Waals surface area contributed by atoms with Crippen LogP contribution in [0.15, 0.2) is 0 Å². The van der Waals surface area contributed by atoms with Crippen molar-refractivity contribution in [3.63, 3.8) is 0 Å². The Balaban J connectivity index is 2.03. The number of nitrogens with two attached hydrogens (primary N) is 1. The van der Waals surface area contributed by atoms with Gasteiger partial charge in [0.15, 0.2) is 0 Å². The van der Waals surface area contributed by atoms with Crippen molar-refractivity contribution < 1.29 is 13.5 Å². The first kappa shape index (κ1) is 7.88. The van der Waals surface area contributed by atoms with Crippen molar-refractivity contribution >= 4 is 0 Å². The predicted octanol–water partition coefficient (Wildman–Crippen LogP) is 0.758. The Morgan fingerprint density at radius 1 is 1.50 bits per heavy atom. The molecule has 0 aliphatic heterocycles. The van der Waals surface area contributed by atoms with E-state index < -0.39 is 13.0 Å². The first-order valence-corrected chi connectivity index (χ1v) is 3.35. The van der Waals surface area contributed by atoms with Crippen LogP contribution in [0, 0.1) is 0 Å². The van der Waals surface area contributed by atoms with Crippen LogP contribution in [0.2, 0.25) is 0 Å². The van der Waals surface area contributed by atoms with E-state index in [-0.39, 0.29) is 12.1 Å².